The van der Waals surface area contributed by atoms with E-state index in [0.29, 0.717) is 17.3 Å². The predicted molar refractivity (Wildman–Crippen MR) is 131 cm³/mol. The van der Waals surface area contributed by atoms with E-state index in [-0.39, 0.29) is 5.91 Å². The molecule has 1 saturated heterocycles. The van der Waals surface area contributed by atoms with Crippen molar-refractivity contribution in [3.63, 3.8) is 0 Å². The molecule has 1 aliphatic rings. The van der Waals surface area contributed by atoms with E-state index in [1.165, 1.54) is 0 Å². The van der Waals surface area contributed by atoms with E-state index >= 15 is 0 Å². The van der Waals surface area contributed by atoms with Gasteiger partial charge in [0, 0.05) is 44.1 Å². The molecule has 1 aromatic carbocycles. The van der Waals surface area contributed by atoms with E-state index in [2.05, 4.69) is 44.2 Å². The third-order valence-corrected chi connectivity index (χ3v) is 6.74. The summed E-state index contributed by atoms with van der Waals surface area (Å²) in [7, 11) is 0. The van der Waals surface area contributed by atoms with Crippen LogP contribution in [0.15, 0.2) is 48.2 Å². The van der Waals surface area contributed by atoms with Crippen molar-refractivity contribution in [2.75, 3.05) is 38.0 Å². The van der Waals surface area contributed by atoms with Gasteiger partial charge in [-0.25, -0.2) is 19.9 Å². The second-order valence-electron chi connectivity index (χ2n) is 8.04. The lowest BCUT2D eigenvalue weighted by Crippen LogP contribution is -2.48. The van der Waals surface area contributed by atoms with Crippen LogP contribution in [-0.2, 0) is 0 Å². The number of rotatable bonds is 5. The van der Waals surface area contributed by atoms with Crippen molar-refractivity contribution in [3.8, 4) is 11.3 Å². The largest absolute Gasteiger partial charge is 0.336 e. The molecular formula is C24H25N7OS. The van der Waals surface area contributed by atoms with Crippen molar-refractivity contribution in [2.24, 2.45) is 0 Å². The van der Waals surface area contributed by atoms with Crippen molar-refractivity contribution in [1.29, 1.82) is 0 Å². The van der Waals surface area contributed by atoms with Gasteiger partial charge in [-0.1, -0.05) is 13.0 Å². The Hall–Kier alpha value is -3.43. The topological polar surface area (TPSA) is 87.1 Å². The minimum atomic E-state index is 0.0242. The van der Waals surface area contributed by atoms with Gasteiger partial charge < -0.3 is 15.1 Å². The molecular weight excluding hydrogens is 434 g/mol. The fourth-order valence-electron chi connectivity index (χ4n) is 3.96. The highest BCUT2D eigenvalue weighted by molar-refractivity contribution is 7.16. The van der Waals surface area contributed by atoms with Gasteiger partial charge >= 0.3 is 0 Å². The van der Waals surface area contributed by atoms with E-state index in [0.717, 1.165) is 59.8 Å². The summed E-state index contributed by atoms with van der Waals surface area (Å²) in [5.74, 6) is 1.07. The van der Waals surface area contributed by atoms with Gasteiger partial charge in [0.25, 0.3) is 5.91 Å². The van der Waals surface area contributed by atoms with Gasteiger partial charge in [0.2, 0.25) is 5.95 Å². The van der Waals surface area contributed by atoms with Gasteiger partial charge in [-0.3, -0.25) is 4.79 Å². The zero-order valence-corrected chi connectivity index (χ0v) is 19.5. The van der Waals surface area contributed by atoms with Gasteiger partial charge in [0.1, 0.15) is 5.82 Å². The monoisotopic (exact) mass is 459 g/mol. The Balaban J connectivity index is 1.30. The minimum absolute atomic E-state index is 0.0242. The Kier molecular flexibility index (Phi) is 5.97. The molecule has 0 spiro atoms. The molecule has 1 amide bonds. The molecule has 0 atom stereocenters. The molecule has 0 aliphatic carbocycles. The molecule has 1 N–H and O–H groups in total. The number of aryl methyl sites for hydroxylation is 1. The number of nitrogens with zero attached hydrogens (tertiary/aromatic N) is 6. The maximum atomic E-state index is 12.8. The SMILES string of the molecule is CCN1CCN(C(=O)c2ccc(Nc3ncc(C)c(-c4ccc5scnc5c4)n3)nc2)CC1. The van der Waals surface area contributed by atoms with Crippen LogP contribution in [0.25, 0.3) is 21.5 Å². The number of benzene rings is 1. The van der Waals surface area contributed by atoms with Crippen LogP contribution in [0.1, 0.15) is 22.8 Å². The van der Waals surface area contributed by atoms with E-state index < -0.39 is 0 Å². The lowest BCUT2D eigenvalue weighted by molar-refractivity contribution is 0.0643. The van der Waals surface area contributed by atoms with Crippen LogP contribution >= 0.6 is 11.3 Å². The first-order valence-electron chi connectivity index (χ1n) is 11.0. The van der Waals surface area contributed by atoms with Crippen LogP contribution in [0.2, 0.25) is 0 Å². The first kappa shape index (κ1) is 21.4. The lowest BCUT2D eigenvalue weighted by Gasteiger charge is -2.34. The molecule has 4 heterocycles. The highest BCUT2D eigenvalue weighted by Crippen LogP contribution is 2.27. The molecule has 9 heteroatoms. The molecule has 0 saturated carbocycles. The van der Waals surface area contributed by atoms with E-state index in [4.69, 9.17) is 4.98 Å². The summed E-state index contributed by atoms with van der Waals surface area (Å²) in [6.07, 6.45) is 3.41. The first-order chi connectivity index (χ1) is 16.1. The molecule has 0 unspecified atom stereocenters. The highest BCUT2D eigenvalue weighted by atomic mass is 32.1. The third-order valence-electron chi connectivity index (χ3n) is 5.93. The molecule has 1 fully saturated rings. The fraction of sp³-hybridized carbons (Fsp3) is 0.292. The smallest absolute Gasteiger partial charge is 0.255 e. The molecule has 4 aromatic rings. The number of likely N-dealkylation sites (N-methyl/N-ethyl adjacent to an activating group) is 1. The molecule has 5 rings (SSSR count). The Morgan fingerprint density at radius 3 is 2.67 bits per heavy atom. The molecule has 0 radical (unpaired) electrons. The van der Waals surface area contributed by atoms with Crippen LogP contribution in [0.4, 0.5) is 11.8 Å². The lowest BCUT2D eigenvalue weighted by atomic mass is 10.1. The number of carbonyl (C=O) groups is 1. The van der Waals surface area contributed by atoms with Crippen molar-refractivity contribution < 1.29 is 4.79 Å². The summed E-state index contributed by atoms with van der Waals surface area (Å²) in [6.45, 7) is 8.48. The molecule has 0 bridgehead atoms. The van der Waals surface area contributed by atoms with Crippen LogP contribution in [-0.4, -0.2) is 68.4 Å². The maximum absolute atomic E-state index is 12.8. The molecule has 1 aliphatic heterocycles. The maximum Gasteiger partial charge on any atom is 0.255 e. The number of nitrogens with one attached hydrogen (secondary N) is 1. The average Bonchev–Trinajstić information content (AvgIpc) is 3.33. The normalized spacial score (nSPS) is 14.5. The highest BCUT2D eigenvalue weighted by Gasteiger charge is 2.21. The van der Waals surface area contributed by atoms with Crippen LogP contribution in [0.5, 0.6) is 0 Å². The quantitative estimate of drug-likeness (QED) is 0.483. The van der Waals surface area contributed by atoms with Gasteiger partial charge in [-0.15, -0.1) is 11.3 Å². The van der Waals surface area contributed by atoms with Crippen LogP contribution < -0.4 is 5.32 Å². The van der Waals surface area contributed by atoms with E-state index in [9.17, 15) is 4.79 Å². The number of anilines is 2. The molecule has 8 nitrogen and oxygen atoms in total. The molecule has 33 heavy (non-hydrogen) atoms. The van der Waals surface area contributed by atoms with Gasteiger partial charge in [0.05, 0.1) is 27.0 Å². The Morgan fingerprint density at radius 1 is 1.06 bits per heavy atom. The van der Waals surface area contributed by atoms with Crippen molar-refractivity contribution in [3.05, 3.63) is 59.4 Å². The van der Waals surface area contributed by atoms with Crippen molar-refractivity contribution in [2.45, 2.75) is 13.8 Å². The van der Waals surface area contributed by atoms with Crippen molar-refractivity contribution >= 4 is 39.2 Å². The minimum Gasteiger partial charge on any atom is -0.336 e. The van der Waals surface area contributed by atoms with Gasteiger partial charge in [-0.2, -0.15) is 0 Å². The number of fused-ring (bicyclic) bond motifs is 1. The number of hydrogen-bond acceptors (Lipinski definition) is 8. The average molecular weight is 460 g/mol. The van der Waals surface area contributed by atoms with Crippen molar-refractivity contribution in [1.82, 2.24) is 29.7 Å². The van der Waals surface area contributed by atoms with Crippen LogP contribution in [0, 0.1) is 6.92 Å². The third kappa shape index (κ3) is 4.55. The first-order valence-corrected chi connectivity index (χ1v) is 11.9. The molecule has 3 aromatic heterocycles. The summed E-state index contributed by atoms with van der Waals surface area (Å²) in [5.41, 5.74) is 6.22. The Morgan fingerprint density at radius 2 is 1.91 bits per heavy atom. The summed E-state index contributed by atoms with van der Waals surface area (Å²) >= 11 is 1.62. The number of piperazine rings is 1. The number of amides is 1. The van der Waals surface area contributed by atoms with E-state index in [1.807, 2.05) is 23.4 Å². The number of carbonyl (C=O) groups excluding carboxylic acids is 1. The zero-order chi connectivity index (χ0) is 22.8. The van der Waals surface area contributed by atoms with Gasteiger partial charge in [-0.05, 0) is 43.3 Å². The standard InChI is InChI=1S/C24H25N7OS/c1-3-30-8-10-31(11-9-30)23(32)18-5-7-21(25-14-18)28-24-26-13-16(2)22(29-24)17-4-6-20-19(12-17)27-15-33-20/h4-7,12-15H,3,8-11H2,1-2H3,(H,25,26,28,29). The number of thiazole rings is 1. The second-order valence-corrected chi connectivity index (χ2v) is 8.93. The summed E-state index contributed by atoms with van der Waals surface area (Å²) < 4.78 is 1.15. The summed E-state index contributed by atoms with van der Waals surface area (Å²) in [5, 5.41) is 3.15. The fourth-order valence-corrected chi connectivity index (χ4v) is 4.62. The second kappa shape index (κ2) is 9.21. The predicted octanol–water partition coefficient (Wildman–Crippen LogP) is 3.98. The number of pyridine rings is 1. The van der Waals surface area contributed by atoms with Gasteiger partial charge in [0.15, 0.2) is 0 Å². The Bertz CT molecular complexity index is 1280. The molecule has 168 valence electrons. The van der Waals surface area contributed by atoms with Crippen LogP contribution in [0.3, 0.4) is 0 Å². The summed E-state index contributed by atoms with van der Waals surface area (Å²) in [4.78, 5) is 35.0. The summed E-state index contributed by atoms with van der Waals surface area (Å²) in [6, 6.07) is 9.76. The number of hydrogen-bond donors (Lipinski definition) is 1. The van der Waals surface area contributed by atoms with E-state index in [1.54, 1.807) is 35.9 Å². The Labute approximate surface area is 196 Å². The zero-order valence-electron chi connectivity index (χ0n) is 18.7. The number of aromatic nitrogens is 4.